The van der Waals surface area contributed by atoms with Crippen molar-refractivity contribution in [2.45, 2.75) is 22.6 Å². The van der Waals surface area contributed by atoms with Gasteiger partial charge >= 0.3 is 0 Å². The Morgan fingerprint density at radius 1 is 0.700 bits per heavy atom. The van der Waals surface area contributed by atoms with Crippen LogP contribution in [-0.4, -0.2) is 16.0 Å². The van der Waals surface area contributed by atoms with Gasteiger partial charge in [-0.3, -0.25) is 0 Å². The molecule has 0 unspecified atom stereocenters. The van der Waals surface area contributed by atoms with Crippen molar-refractivity contribution >= 4 is 34.0 Å². The maximum Gasteiger partial charge on any atom is 0.0849 e. The van der Waals surface area contributed by atoms with Crippen molar-refractivity contribution in [2.75, 3.05) is 11.8 Å². The van der Waals surface area contributed by atoms with Crippen LogP contribution in [0, 0.1) is 0 Å². The Kier molecular flexibility index (Phi) is 6.08. The molecule has 106 valence electrons. The molecule has 2 rings (SSSR count). The molecule has 2 aromatic carbocycles. The molecule has 0 bridgehead atoms. The van der Waals surface area contributed by atoms with Gasteiger partial charge in [0.05, 0.1) is 10.8 Å². The fourth-order valence-corrected chi connectivity index (χ4v) is 3.39. The van der Waals surface area contributed by atoms with Gasteiger partial charge in [0.25, 0.3) is 0 Å². The summed E-state index contributed by atoms with van der Waals surface area (Å²) in [6.07, 6.45) is 1.67. The second-order valence-corrected chi connectivity index (χ2v) is 6.67. The Balaban J connectivity index is 2.13. The summed E-state index contributed by atoms with van der Waals surface area (Å²) in [6.45, 7) is 0. The molecule has 0 saturated carbocycles. The van der Waals surface area contributed by atoms with Gasteiger partial charge in [0.15, 0.2) is 0 Å². The van der Waals surface area contributed by atoms with Gasteiger partial charge in [0, 0.05) is 21.6 Å². The molecule has 0 aliphatic carbocycles. The highest BCUT2D eigenvalue weighted by Gasteiger charge is 2.07. The summed E-state index contributed by atoms with van der Waals surface area (Å²) in [6, 6.07) is 15.6. The predicted molar refractivity (Wildman–Crippen MR) is 86.4 cm³/mol. The van der Waals surface area contributed by atoms with Gasteiger partial charge in [-0.05, 0) is 48.2 Å². The minimum absolute atomic E-state index is 0.602. The van der Waals surface area contributed by atoms with E-state index in [9.17, 15) is 4.21 Å². The molecule has 4 heteroatoms. The first-order valence-corrected chi connectivity index (χ1v) is 8.68. The van der Waals surface area contributed by atoms with Crippen molar-refractivity contribution in [3.63, 3.8) is 0 Å². The lowest BCUT2D eigenvalue weighted by Gasteiger charge is -2.05. The summed E-state index contributed by atoms with van der Waals surface area (Å²) >= 11 is 11.4. The van der Waals surface area contributed by atoms with Crippen LogP contribution in [0.15, 0.2) is 58.3 Å². The minimum atomic E-state index is -1.14. The van der Waals surface area contributed by atoms with Gasteiger partial charge in [0.1, 0.15) is 0 Å². The highest BCUT2D eigenvalue weighted by Crippen LogP contribution is 2.18. The molecule has 2 aromatic rings. The second-order valence-electron chi connectivity index (χ2n) is 4.43. The SMILES string of the molecule is O=S(c1ccc(CCCl)cc1)c1ccc(CCCl)cc1. The van der Waals surface area contributed by atoms with Gasteiger partial charge in [-0.1, -0.05) is 24.3 Å². The quantitative estimate of drug-likeness (QED) is 0.718. The molecular weight excluding hydrogens is 311 g/mol. The number of hydrogen-bond donors (Lipinski definition) is 0. The van der Waals surface area contributed by atoms with Gasteiger partial charge in [-0.15, -0.1) is 23.2 Å². The Labute approximate surface area is 132 Å². The van der Waals surface area contributed by atoms with Crippen LogP contribution in [0.1, 0.15) is 11.1 Å². The van der Waals surface area contributed by atoms with Crippen molar-refractivity contribution in [3.8, 4) is 0 Å². The third kappa shape index (κ3) is 4.08. The lowest BCUT2D eigenvalue weighted by atomic mass is 10.2. The molecule has 0 radical (unpaired) electrons. The average Bonchev–Trinajstić information content (AvgIpc) is 2.49. The highest BCUT2D eigenvalue weighted by molar-refractivity contribution is 7.85. The number of hydrogen-bond acceptors (Lipinski definition) is 1. The molecule has 0 atom stereocenters. The lowest BCUT2D eigenvalue weighted by molar-refractivity contribution is 0.683. The number of halogens is 2. The van der Waals surface area contributed by atoms with E-state index in [0.29, 0.717) is 11.8 Å². The molecule has 0 aromatic heterocycles. The van der Waals surface area contributed by atoms with Crippen LogP contribution in [0.25, 0.3) is 0 Å². The summed E-state index contributed by atoms with van der Waals surface area (Å²) in [4.78, 5) is 1.63. The van der Waals surface area contributed by atoms with Crippen LogP contribution in [0.3, 0.4) is 0 Å². The molecule has 0 aliphatic rings. The molecule has 20 heavy (non-hydrogen) atoms. The van der Waals surface area contributed by atoms with Crippen LogP contribution >= 0.6 is 23.2 Å². The molecule has 0 heterocycles. The van der Waals surface area contributed by atoms with E-state index >= 15 is 0 Å². The monoisotopic (exact) mass is 326 g/mol. The van der Waals surface area contributed by atoms with Crippen LogP contribution in [0.2, 0.25) is 0 Å². The second kappa shape index (κ2) is 7.82. The molecule has 0 N–H and O–H groups in total. The summed E-state index contributed by atoms with van der Waals surface area (Å²) in [5.41, 5.74) is 2.33. The van der Waals surface area contributed by atoms with Crippen molar-refractivity contribution < 1.29 is 4.21 Å². The first kappa shape index (κ1) is 15.6. The van der Waals surface area contributed by atoms with Crippen molar-refractivity contribution in [1.29, 1.82) is 0 Å². The first-order chi connectivity index (χ1) is 9.74. The maximum atomic E-state index is 12.4. The first-order valence-electron chi connectivity index (χ1n) is 6.46. The van der Waals surface area contributed by atoms with Gasteiger partial charge in [-0.25, -0.2) is 4.21 Å². The molecule has 1 nitrogen and oxygen atoms in total. The van der Waals surface area contributed by atoms with E-state index in [-0.39, 0.29) is 0 Å². The Morgan fingerprint density at radius 2 is 1.05 bits per heavy atom. The van der Waals surface area contributed by atoms with Gasteiger partial charge in [0.2, 0.25) is 0 Å². The average molecular weight is 327 g/mol. The van der Waals surface area contributed by atoms with E-state index in [1.54, 1.807) is 0 Å². The number of alkyl halides is 2. The zero-order chi connectivity index (χ0) is 14.4. The fourth-order valence-electron chi connectivity index (χ4n) is 1.91. The van der Waals surface area contributed by atoms with E-state index < -0.39 is 10.8 Å². The van der Waals surface area contributed by atoms with E-state index in [1.807, 2.05) is 48.5 Å². The van der Waals surface area contributed by atoms with Crippen LogP contribution < -0.4 is 0 Å². The normalized spacial score (nSPS) is 10.9. The number of aryl methyl sites for hydroxylation is 2. The molecule has 0 aliphatic heterocycles. The van der Waals surface area contributed by atoms with Crippen molar-refractivity contribution in [2.24, 2.45) is 0 Å². The molecule has 0 amide bonds. The minimum Gasteiger partial charge on any atom is -0.249 e. The Hall–Kier alpha value is -0.830. The third-order valence-electron chi connectivity index (χ3n) is 3.04. The summed E-state index contributed by atoms with van der Waals surface area (Å²) in [5, 5.41) is 0. The summed E-state index contributed by atoms with van der Waals surface area (Å²) < 4.78 is 12.4. The zero-order valence-electron chi connectivity index (χ0n) is 11.0. The Morgan fingerprint density at radius 3 is 1.35 bits per heavy atom. The summed E-state index contributed by atoms with van der Waals surface area (Å²) in [7, 11) is -1.14. The van der Waals surface area contributed by atoms with Crippen LogP contribution in [0.5, 0.6) is 0 Å². The summed E-state index contributed by atoms with van der Waals surface area (Å²) in [5.74, 6) is 1.20. The predicted octanol–water partition coefficient (Wildman–Crippen LogP) is 4.42. The number of rotatable bonds is 6. The molecule has 0 fully saturated rings. The van der Waals surface area contributed by atoms with E-state index in [4.69, 9.17) is 23.2 Å². The van der Waals surface area contributed by atoms with E-state index in [1.165, 1.54) is 11.1 Å². The number of benzene rings is 2. The Bertz CT molecular complexity index is 513. The van der Waals surface area contributed by atoms with E-state index in [0.717, 1.165) is 22.6 Å². The smallest absolute Gasteiger partial charge is 0.0849 e. The van der Waals surface area contributed by atoms with Crippen LogP contribution in [0.4, 0.5) is 0 Å². The van der Waals surface area contributed by atoms with Gasteiger partial charge < -0.3 is 0 Å². The molecular formula is C16H16Cl2OS. The standard InChI is InChI=1S/C16H16Cl2OS/c17-11-9-13-1-5-15(6-2-13)20(19)16-7-3-14(4-8-16)10-12-18/h1-8H,9-12H2. The molecule has 0 spiro atoms. The van der Waals surface area contributed by atoms with Gasteiger partial charge in [-0.2, -0.15) is 0 Å². The largest absolute Gasteiger partial charge is 0.249 e. The zero-order valence-corrected chi connectivity index (χ0v) is 13.3. The highest BCUT2D eigenvalue weighted by atomic mass is 35.5. The maximum absolute atomic E-state index is 12.4. The lowest BCUT2D eigenvalue weighted by Crippen LogP contribution is -1.95. The topological polar surface area (TPSA) is 17.1 Å². The van der Waals surface area contributed by atoms with Crippen molar-refractivity contribution in [1.82, 2.24) is 0 Å². The van der Waals surface area contributed by atoms with E-state index in [2.05, 4.69) is 0 Å². The van der Waals surface area contributed by atoms with Crippen molar-refractivity contribution in [3.05, 3.63) is 59.7 Å². The van der Waals surface area contributed by atoms with Crippen LogP contribution in [-0.2, 0) is 23.6 Å². The fraction of sp³-hybridized carbons (Fsp3) is 0.250. The molecule has 0 saturated heterocycles. The third-order valence-corrected chi connectivity index (χ3v) is 4.82.